The summed E-state index contributed by atoms with van der Waals surface area (Å²) in [4.78, 5) is 0. The van der Waals surface area contributed by atoms with Crippen molar-refractivity contribution in [2.24, 2.45) is 0 Å². The molecule has 0 aliphatic carbocycles. The monoisotopic (exact) mass is 377 g/mol. The first-order valence-electron chi connectivity index (χ1n) is 6.27. The molecule has 21 heavy (non-hydrogen) atoms. The number of hydrogen-bond acceptors (Lipinski definition) is 1. The quantitative estimate of drug-likeness (QED) is 0.719. The Morgan fingerprint density at radius 3 is 2.48 bits per heavy atom. The summed E-state index contributed by atoms with van der Waals surface area (Å²) in [5.74, 6) is -2.51. The number of hydrogen-bond donors (Lipinski definition) is 1. The third-order valence-electron chi connectivity index (χ3n) is 3.06. The Bertz CT molecular complexity index is 664. The zero-order valence-corrected chi connectivity index (χ0v) is 13.4. The zero-order valence-electron chi connectivity index (χ0n) is 11.1. The van der Waals surface area contributed by atoms with Crippen molar-refractivity contribution in [3.63, 3.8) is 0 Å². The predicted molar refractivity (Wildman–Crippen MR) is 81.0 cm³/mol. The Balaban J connectivity index is 2.53. The number of nitrogens with one attached hydrogen (secondary N) is 1. The third-order valence-corrected chi connectivity index (χ3v) is 4.32. The second kappa shape index (κ2) is 6.81. The van der Waals surface area contributed by atoms with E-state index in [4.69, 9.17) is 11.6 Å². The SMILES string of the molecule is CCNC(c1ccc(F)c(F)c1)c1ccc(Br)c(Cl)c1F. The molecule has 0 amide bonds. The molecule has 1 unspecified atom stereocenters. The first-order chi connectivity index (χ1) is 9.95. The molecule has 1 nitrogen and oxygen atoms in total. The van der Waals surface area contributed by atoms with Crippen LogP contribution in [0.3, 0.4) is 0 Å². The van der Waals surface area contributed by atoms with Crippen LogP contribution in [-0.2, 0) is 0 Å². The van der Waals surface area contributed by atoms with E-state index in [0.29, 0.717) is 16.6 Å². The molecule has 6 heteroatoms. The van der Waals surface area contributed by atoms with Gasteiger partial charge in [-0.05, 0) is 46.2 Å². The largest absolute Gasteiger partial charge is 0.306 e. The fourth-order valence-corrected chi connectivity index (χ4v) is 2.55. The third kappa shape index (κ3) is 3.42. The van der Waals surface area contributed by atoms with Gasteiger partial charge in [0, 0.05) is 10.0 Å². The average Bonchev–Trinajstić information content (AvgIpc) is 2.46. The van der Waals surface area contributed by atoms with E-state index in [2.05, 4.69) is 21.2 Å². The van der Waals surface area contributed by atoms with Crippen LogP contribution in [-0.4, -0.2) is 6.54 Å². The lowest BCUT2D eigenvalue weighted by molar-refractivity contribution is 0.502. The van der Waals surface area contributed by atoms with Crippen molar-refractivity contribution in [1.29, 1.82) is 0 Å². The van der Waals surface area contributed by atoms with Crippen molar-refractivity contribution < 1.29 is 13.2 Å². The van der Waals surface area contributed by atoms with E-state index in [-0.39, 0.29) is 10.6 Å². The molecule has 112 valence electrons. The second-order valence-electron chi connectivity index (χ2n) is 4.43. The topological polar surface area (TPSA) is 12.0 Å². The molecular weight excluding hydrogens is 367 g/mol. The summed E-state index contributed by atoms with van der Waals surface area (Å²) in [6.45, 7) is 2.36. The highest BCUT2D eigenvalue weighted by Gasteiger charge is 2.21. The first kappa shape index (κ1) is 16.3. The molecule has 0 heterocycles. The Morgan fingerprint density at radius 2 is 1.86 bits per heavy atom. The normalized spacial score (nSPS) is 12.5. The molecule has 0 aliphatic heterocycles. The molecule has 0 fully saturated rings. The van der Waals surface area contributed by atoms with Gasteiger partial charge < -0.3 is 5.32 Å². The number of rotatable bonds is 4. The van der Waals surface area contributed by atoms with E-state index in [1.165, 1.54) is 6.07 Å². The Labute approximate surface area is 134 Å². The van der Waals surface area contributed by atoms with Crippen molar-refractivity contribution in [2.45, 2.75) is 13.0 Å². The lowest BCUT2D eigenvalue weighted by Gasteiger charge is -2.20. The summed E-state index contributed by atoms with van der Waals surface area (Å²) >= 11 is 9.03. The summed E-state index contributed by atoms with van der Waals surface area (Å²) in [7, 11) is 0. The summed E-state index contributed by atoms with van der Waals surface area (Å²) < 4.78 is 41.2. The molecule has 0 aliphatic rings. The summed E-state index contributed by atoms with van der Waals surface area (Å²) in [6.07, 6.45) is 0. The lowest BCUT2D eigenvalue weighted by atomic mass is 9.98. The molecule has 0 radical (unpaired) electrons. The minimum Gasteiger partial charge on any atom is -0.306 e. The van der Waals surface area contributed by atoms with Crippen molar-refractivity contribution in [2.75, 3.05) is 6.54 Å². The van der Waals surface area contributed by atoms with Crippen LogP contribution in [0.4, 0.5) is 13.2 Å². The minimum atomic E-state index is -0.973. The van der Waals surface area contributed by atoms with Crippen LogP contribution >= 0.6 is 27.5 Å². The van der Waals surface area contributed by atoms with Crippen LogP contribution in [0.5, 0.6) is 0 Å². The van der Waals surface area contributed by atoms with Gasteiger partial charge in [0.1, 0.15) is 5.82 Å². The molecule has 0 spiro atoms. The Hall–Kier alpha value is -1.04. The van der Waals surface area contributed by atoms with Crippen LogP contribution in [0.2, 0.25) is 5.02 Å². The molecule has 2 aromatic rings. The molecule has 0 aromatic heterocycles. The highest BCUT2D eigenvalue weighted by Crippen LogP contribution is 2.33. The van der Waals surface area contributed by atoms with Gasteiger partial charge in [-0.25, -0.2) is 13.2 Å². The van der Waals surface area contributed by atoms with Crippen LogP contribution in [0, 0.1) is 17.5 Å². The van der Waals surface area contributed by atoms with E-state index >= 15 is 0 Å². The van der Waals surface area contributed by atoms with Crippen molar-refractivity contribution in [3.8, 4) is 0 Å². The molecule has 0 saturated heterocycles. The van der Waals surface area contributed by atoms with Gasteiger partial charge >= 0.3 is 0 Å². The summed E-state index contributed by atoms with van der Waals surface area (Å²) in [6, 6.07) is 6.05. The molecular formula is C15H12BrClF3N. The zero-order chi connectivity index (χ0) is 15.6. The molecule has 1 N–H and O–H groups in total. The maximum Gasteiger partial charge on any atom is 0.159 e. The van der Waals surface area contributed by atoms with E-state index in [1.54, 1.807) is 12.1 Å². The smallest absolute Gasteiger partial charge is 0.159 e. The van der Waals surface area contributed by atoms with Gasteiger partial charge in [0.2, 0.25) is 0 Å². The van der Waals surface area contributed by atoms with Gasteiger partial charge in [-0.3, -0.25) is 0 Å². The average molecular weight is 379 g/mol. The molecule has 2 rings (SSSR count). The molecule has 0 bridgehead atoms. The van der Waals surface area contributed by atoms with E-state index in [9.17, 15) is 13.2 Å². The summed E-state index contributed by atoms with van der Waals surface area (Å²) in [5, 5.41) is 3.00. The summed E-state index contributed by atoms with van der Waals surface area (Å²) in [5.41, 5.74) is 0.698. The highest BCUT2D eigenvalue weighted by atomic mass is 79.9. The van der Waals surface area contributed by atoms with Gasteiger partial charge in [0.15, 0.2) is 11.6 Å². The van der Waals surface area contributed by atoms with Crippen molar-refractivity contribution in [1.82, 2.24) is 5.32 Å². The molecule has 0 saturated carbocycles. The van der Waals surface area contributed by atoms with Crippen LogP contribution in [0.1, 0.15) is 24.1 Å². The van der Waals surface area contributed by atoms with E-state index < -0.39 is 23.5 Å². The van der Waals surface area contributed by atoms with Gasteiger partial charge in [-0.15, -0.1) is 0 Å². The number of halogens is 5. The van der Waals surface area contributed by atoms with Gasteiger partial charge in [-0.2, -0.15) is 0 Å². The number of benzene rings is 2. The van der Waals surface area contributed by atoms with Crippen molar-refractivity contribution in [3.05, 3.63) is 68.4 Å². The standard InChI is InChI=1S/C15H12BrClF3N/c1-2-21-15(8-3-6-11(18)12(19)7-8)9-4-5-10(16)13(17)14(9)20/h3-7,15,21H,2H2,1H3. The second-order valence-corrected chi connectivity index (χ2v) is 5.66. The van der Waals surface area contributed by atoms with E-state index in [1.807, 2.05) is 6.92 Å². The molecule has 1 atom stereocenters. The van der Waals surface area contributed by atoms with Crippen LogP contribution < -0.4 is 5.32 Å². The maximum atomic E-state index is 14.3. The van der Waals surface area contributed by atoms with Crippen molar-refractivity contribution >= 4 is 27.5 Å². The first-order valence-corrected chi connectivity index (χ1v) is 7.44. The Kier molecular flexibility index (Phi) is 5.30. The molecule has 2 aromatic carbocycles. The van der Waals surface area contributed by atoms with Crippen LogP contribution in [0.25, 0.3) is 0 Å². The van der Waals surface area contributed by atoms with E-state index in [0.717, 1.165) is 12.1 Å². The van der Waals surface area contributed by atoms with Gasteiger partial charge in [0.25, 0.3) is 0 Å². The van der Waals surface area contributed by atoms with Crippen LogP contribution in [0.15, 0.2) is 34.8 Å². The highest BCUT2D eigenvalue weighted by molar-refractivity contribution is 9.10. The van der Waals surface area contributed by atoms with Gasteiger partial charge in [0.05, 0.1) is 11.1 Å². The minimum absolute atomic E-state index is 0.0435. The fourth-order valence-electron chi connectivity index (χ4n) is 2.07. The predicted octanol–water partition coefficient (Wildman–Crippen LogP) is 5.22. The lowest BCUT2D eigenvalue weighted by Crippen LogP contribution is -2.23. The van der Waals surface area contributed by atoms with Gasteiger partial charge in [-0.1, -0.05) is 30.7 Å². The fraction of sp³-hybridized carbons (Fsp3) is 0.200. The Morgan fingerprint density at radius 1 is 1.14 bits per heavy atom. The maximum absolute atomic E-state index is 14.3.